The fourth-order valence-electron chi connectivity index (χ4n) is 4.22. The first-order valence-corrected chi connectivity index (χ1v) is 10.0. The first-order chi connectivity index (χ1) is 13.1. The molecule has 1 aromatic carbocycles. The number of morpholine rings is 1. The van der Waals surface area contributed by atoms with E-state index in [2.05, 4.69) is 73.7 Å². The highest BCUT2D eigenvalue weighted by Gasteiger charge is 2.44. The van der Waals surface area contributed by atoms with Crippen LogP contribution in [0, 0.1) is 5.92 Å². The number of rotatable bonds is 7. The van der Waals surface area contributed by atoms with Crippen molar-refractivity contribution in [2.45, 2.75) is 37.8 Å². The molecular weight excluding hydrogens is 336 g/mol. The molecule has 1 saturated heterocycles. The number of ketones is 1. The number of hydrogen-bond acceptors (Lipinski definition) is 4. The van der Waals surface area contributed by atoms with E-state index >= 15 is 0 Å². The van der Waals surface area contributed by atoms with Crippen molar-refractivity contribution >= 4 is 5.78 Å². The smallest absolute Gasteiger partial charge is 0.141 e. The van der Waals surface area contributed by atoms with Gasteiger partial charge in [-0.2, -0.15) is 0 Å². The summed E-state index contributed by atoms with van der Waals surface area (Å²) in [6.45, 7) is 4.51. The molecule has 1 fully saturated rings. The fourth-order valence-corrected chi connectivity index (χ4v) is 4.22. The van der Waals surface area contributed by atoms with Gasteiger partial charge in [-0.05, 0) is 38.1 Å². The fraction of sp³-hybridized carbons (Fsp3) is 0.522. The van der Waals surface area contributed by atoms with Crippen LogP contribution < -0.4 is 5.32 Å². The maximum absolute atomic E-state index is 13.0. The van der Waals surface area contributed by atoms with E-state index in [-0.39, 0.29) is 17.6 Å². The predicted octanol–water partition coefficient (Wildman–Crippen LogP) is 3.00. The summed E-state index contributed by atoms with van der Waals surface area (Å²) in [5.74, 6) is 0.171. The Hall–Kier alpha value is -1.75. The predicted molar refractivity (Wildman–Crippen MR) is 110 cm³/mol. The Morgan fingerprint density at radius 2 is 2.07 bits per heavy atom. The van der Waals surface area contributed by atoms with Crippen LogP contribution in [0.25, 0.3) is 0 Å². The Balaban J connectivity index is 2.00. The number of likely N-dealkylation sites (N-methyl/N-ethyl adjacent to an activating group) is 1. The number of hydrogen-bond donors (Lipinski definition) is 1. The van der Waals surface area contributed by atoms with Gasteiger partial charge in [-0.15, -0.1) is 0 Å². The van der Waals surface area contributed by atoms with E-state index in [9.17, 15) is 4.79 Å². The first kappa shape index (κ1) is 20.0. The average molecular weight is 369 g/mol. The van der Waals surface area contributed by atoms with Gasteiger partial charge in [0, 0.05) is 19.5 Å². The number of benzene rings is 1. The second-order valence-electron chi connectivity index (χ2n) is 7.81. The Morgan fingerprint density at radius 3 is 2.70 bits per heavy atom. The Kier molecular flexibility index (Phi) is 6.64. The zero-order chi connectivity index (χ0) is 19.3. The zero-order valence-corrected chi connectivity index (χ0v) is 16.8. The topological polar surface area (TPSA) is 41.6 Å². The summed E-state index contributed by atoms with van der Waals surface area (Å²) in [5, 5.41) is 3.41. The van der Waals surface area contributed by atoms with Crippen molar-refractivity contribution in [3.05, 3.63) is 59.7 Å². The first-order valence-electron chi connectivity index (χ1n) is 10.0. The molecule has 0 aromatic heterocycles. The SMILES string of the molecule is CCCC(=O)C1C=CC(C2CNCCO2)=CC1(Cc1ccccc1)N(C)C. The summed E-state index contributed by atoms with van der Waals surface area (Å²) in [6, 6.07) is 10.5. The molecule has 27 heavy (non-hydrogen) atoms. The molecular formula is C23H32N2O2. The molecule has 1 aliphatic carbocycles. The minimum absolute atomic E-state index is 0.0484. The van der Waals surface area contributed by atoms with Gasteiger partial charge in [0.2, 0.25) is 0 Å². The summed E-state index contributed by atoms with van der Waals surface area (Å²) in [5.41, 5.74) is 2.04. The number of ether oxygens (including phenoxy) is 1. The largest absolute Gasteiger partial charge is 0.371 e. The lowest BCUT2D eigenvalue weighted by Crippen LogP contribution is -2.54. The lowest BCUT2D eigenvalue weighted by molar-refractivity contribution is -0.124. The van der Waals surface area contributed by atoms with E-state index in [1.807, 2.05) is 6.07 Å². The number of carbonyl (C=O) groups is 1. The van der Waals surface area contributed by atoms with Crippen LogP contribution in [-0.4, -0.2) is 56.1 Å². The molecule has 3 rings (SSSR count). The third-order valence-corrected chi connectivity index (χ3v) is 5.74. The molecule has 3 unspecified atom stereocenters. The molecule has 0 spiro atoms. The van der Waals surface area contributed by atoms with Crippen LogP contribution in [0.2, 0.25) is 0 Å². The quantitative estimate of drug-likeness (QED) is 0.803. The average Bonchev–Trinajstić information content (AvgIpc) is 2.69. The Morgan fingerprint density at radius 1 is 1.30 bits per heavy atom. The van der Waals surface area contributed by atoms with Crippen LogP contribution in [0.1, 0.15) is 25.3 Å². The number of nitrogens with zero attached hydrogens (tertiary/aromatic N) is 1. The standard InChI is InChI=1S/C23H32N2O2/c1-4-8-21(26)20-12-11-19(22-17-24-13-14-27-22)16-23(20,25(2)3)15-18-9-6-5-7-10-18/h5-7,9-12,16,20,22,24H,4,8,13-15,17H2,1-3H3. The summed E-state index contributed by atoms with van der Waals surface area (Å²) >= 11 is 0. The third kappa shape index (κ3) is 4.40. The van der Waals surface area contributed by atoms with Crippen molar-refractivity contribution in [1.82, 2.24) is 10.2 Å². The normalized spacial score (nSPS) is 28.2. The Bertz CT molecular complexity index is 690. The minimum Gasteiger partial charge on any atom is -0.371 e. The molecule has 0 radical (unpaired) electrons. The van der Waals surface area contributed by atoms with Crippen molar-refractivity contribution in [3.8, 4) is 0 Å². The van der Waals surface area contributed by atoms with Crippen LogP contribution in [0.5, 0.6) is 0 Å². The summed E-state index contributed by atoms with van der Waals surface area (Å²) in [6.07, 6.45) is 8.88. The van der Waals surface area contributed by atoms with Gasteiger partial charge >= 0.3 is 0 Å². The maximum Gasteiger partial charge on any atom is 0.141 e. The van der Waals surface area contributed by atoms with Crippen molar-refractivity contribution < 1.29 is 9.53 Å². The van der Waals surface area contributed by atoms with Gasteiger partial charge in [0.15, 0.2) is 0 Å². The molecule has 4 heteroatoms. The van der Waals surface area contributed by atoms with E-state index < -0.39 is 0 Å². The third-order valence-electron chi connectivity index (χ3n) is 5.74. The summed E-state index contributed by atoms with van der Waals surface area (Å²) < 4.78 is 6.00. The number of nitrogens with one attached hydrogen (secondary N) is 1. The van der Waals surface area contributed by atoms with Crippen LogP contribution in [0.15, 0.2) is 54.1 Å². The van der Waals surface area contributed by atoms with E-state index in [0.717, 1.165) is 32.5 Å². The number of carbonyl (C=O) groups excluding carboxylic acids is 1. The van der Waals surface area contributed by atoms with Gasteiger partial charge in [-0.25, -0.2) is 0 Å². The molecule has 146 valence electrons. The van der Waals surface area contributed by atoms with Crippen molar-refractivity contribution in [1.29, 1.82) is 0 Å². The van der Waals surface area contributed by atoms with Crippen molar-refractivity contribution in [2.24, 2.45) is 5.92 Å². The van der Waals surface area contributed by atoms with Crippen LogP contribution in [0.3, 0.4) is 0 Å². The molecule has 0 amide bonds. The van der Waals surface area contributed by atoms with E-state index in [1.165, 1.54) is 11.1 Å². The van der Waals surface area contributed by atoms with Crippen molar-refractivity contribution in [3.63, 3.8) is 0 Å². The molecule has 3 atom stereocenters. The second kappa shape index (κ2) is 8.96. The Labute approximate surface area is 163 Å². The monoisotopic (exact) mass is 368 g/mol. The molecule has 1 heterocycles. The lowest BCUT2D eigenvalue weighted by Gasteiger charge is -2.45. The second-order valence-corrected chi connectivity index (χ2v) is 7.81. The van der Waals surface area contributed by atoms with E-state index in [1.54, 1.807) is 0 Å². The molecule has 0 saturated carbocycles. The molecule has 2 aliphatic rings. The van der Waals surface area contributed by atoms with Gasteiger partial charge in [0.05, 0.1) is 24.2 Å². The molecule has 1 aromatic rings. The van der Waals surface area contributed by atoms with Gasteiger partial charge in [0.25, 0.3) is 0 Å². The van der Waals surface area contributed by atoms with Gasteiger partial charge in [0.1, 0.15) is 5.78 Å². The van der Waals surface area contributed by atoms with Crippen LogP contribution >= 0.6 is 0 Å². The van der Waals surface area contributed by atoms with Crippen molar-refractivity contribution in [2.75, 3.05) is 33.8 Å². The molecule has 1 N–H and O–H groups in total. The molecule has 4 nitrogen and oxygen atoms in total. The van der Waals surface area contributed by atoms with E-state index in [0.29, 0.717) is 12.2 Å². The minimum atomic E-state index is -0.376. The van der Waals surface area contributed by atoms with E-state index in [4.69, 9.17) is 4.74 Å². The van der Waals surface area contributed by atoms with Gasteiger partial charge < -0.3 is 10.1 Å². The summed E-state index contributed by atoms with van der Waals surface area (Å²) in [4.78, 5) is 15.3. The molecule has 0 bridgehead atoms. The highest BCUT2D eigenvalue weighted by molar-refractivity contribution is 5.85. The highest BCUT2D eigenvalue weighted by atomic mass is 16.5. The van der Waals surface area contributed by atoms with Crippen LogP contribution in [0.4, 0.5) is 0 Å². The lowest BCUT2D eigenvalue weighted by atomic mass is 9.70. The molecule has 1 aliphatic heterocycles. The maximum atomic E-state index is 13.0. The highest BCUT2D eigenvalue weighted by Crippen LogP contribution is 2.37. The van der Waals surface area contributed by atoms with Gasteiger partial charge in [-0.3, -0.25) is 9.69 Å². The van der Waals surface area contributed by atoms with Gasteiger partial charge in [-0.1, -0.05) is 55.5 Å². The summed E-state index contributed by atoms with van der Waals surface area (Å²) in [7, 11) is 4.17. The van der Waals surface area contributed by atoms with Crippen LogP contribution in [-0.2, 0) is 16.0 Å². The number of Topliss-reactive ketones (excluding diaryl/α,β-unsaturated/α-hetero) is 1. The zero-order valence-electron chi connectivity index (χ0n) is 16.8.